The molecule has 0 aliphatic rings. The lowest BCUT2D eigenvalue weighted by molar-refractivity contribution is -0.889. The number of likely N-dealkylation sites (N-methyl/N-ethyl adjacent to an activating group) is 1. The van der Waals surface area contributed by atoms with Crippen LogP contribution in [0, 0.1) is 0 Å². The van der Waals surface area contributed by atoms with E-state index in [2.05, 4.69) is 74.6 Å². The van der Waals surface area contributed by atoms with Gasteiger partial charge >= 0.3 is 11.9 Å². The molecule has 2 unspecified atom stereocenters. The van der Waals surface area contributed by atoms with E-state index in [-0.39, 0.29) is 42.7 Å². The molecule has 8 heteroatoms. The number of carboxylic acid groups (broad SMARTS) is 1. The molecular weight excluding hydrogens is 775 g/mol. The van der Waals surface area contributed by atoms with Crippen molar-refractivity contribution in [2.45, 2.75) is 225 Å². The topological polar surface area (TPSA) is 102 Å². The molecule has 0 saturated carbocycles. The second-order valence-electron chi connectivity index (χ2n) is 18.0. The SMILES string of the molecule is CC/C=C\C/C=C\C/C=C\CCCCCCCCCC(=O)OC(COCCC(C(=O)[O-])[N+](C)(C)C)COC(=O)CCCCCCCCCCC/C=C\C/C=C\CCCCCCC. The normalized spacial score (nSPS) is 13.4. The van der Waals surface area contributed by atoms with Crippen molar-refractivity contribution >= 4 is 17.9 Å². The molecule has 0 aromatic heterocycles. The third kappa shape index (κ3) is 42.3. The van der Waals surface area contributed by atoms with Crippen LogP contribution in [0.3, 0.4) is 0 Å². The highest BCUT2D eigenvalue weighted by molar-refractivity contribution is 5.70. The minimum Gasteiger partial charge on any atom is -0.544 e. The van der Waals surface area contributed by atoms with Crippen LogP contribution in [-0.2, 0) is 28.6 Å². The number of unbranched alkanes of at least 4 members (excludes halogenated alkanes) is 21. The highest BCUT2D eigenvalue weighted by Gasteiger charge is 2.25. The fraction of sp³-hybridized carbons (Fsp3) is 0.759. The second-order valence-corrected chi connectivity index (χ2v) is 18.0. The highest BCUT2D eigenvalue weighted by Crippen LogP contribution is 2.15. The average molecular weight is 870 g/mol. The van der Waals surface area contributed by atoms with E-state index in [1.807, 2.05) is 0 Å². The maximum absolute atomic E-state index is 12.8. The number of carboxylic acids is 1. The maximum atomic E-state index is 12.8. The number of ether oxygens (including phenoxy) is 3. The van der Waals surface area contributed by atoms with Gasteiger partial charge in [0.15, 0.2) is 6.10 Å². The van der Waals surface area contributed by atoms with E-state index in [9.17, 15) is 19.5 Å². The second kappa shape index (κ2) is 44.6. The first-order chi connectivity index (χ1) is 30.1. The molecule has 0 radical (unpaired) electrons. The Hall–Kier alpha value is -2.97. The first kappa shape index (κ1) is 59.0. The van der Waals surface area contributed by atoms with Crippen LogP contribution < -0.4 is 5.11 Å². The summed E-state index contributed by atoms with van der Waals surface area (Å²) >= 11 is 0. The van der Waals surface area contributed by atoms with Gasteiger partial charge in [0.25, 0.3) is 0 Å². The number of nitrogens with zero attached hydrogens (tertiary/aromatic N) is 1. The minimum atomic E-state index is -1.13. The summed E-state index contributed by atoms with van der Waals surface area (Å²) in [6, 6.07) is -0.731. The van der Waals surface area contributed by atoms with E-state index < -0.39 is 18.1 Å². The first-order valence-corrected chi connectivity index (χ1v) is 25.3. The molecule has 0 bridgehead atoms. The van der Waals surface area contributed by atoms with Gasteiger partial charge < -0.3 is 28.6 Å². The Bertz CT molecular complexity index is 1200. The van der Waals surface area contributed by atoms with Crippen LogP contribution >= 0.6 is 0 Å². The van der Waals surface area contributed by atoms with Gasteiger partial charge in [-0.25, -0.2) is 0 Å². The largest absolute Gasteiger partial charge is 0.544 e. The van der Waals surface area contributed by atoms with E-state index in [1.54, 1.807) is 21.1 Å². The number of allylic oxidation sites excluding steroid dienone is 10. The van der Waals surface area contributed by atoms with E-state index in [0.717, 1.165) is 77.0 Å². The Morgan fingerprint density at radius 2 is 0.903 bits per heavy atom. The molecule has 0 aromatic rings. The van der Waals surface area contributed by atoms with Crippen LogP contribution in [-0.4, -0.2) is 75.5 Å². The van der Waals surface area contributed by atoms with Gasteiger partial charge in [0.05, 0.1) is 40.3 Å². The summed E-state index contributed by atoms with van der Waals surface area (Å²) in [5, 5.41) is 11.7. The summed E-state index contributed by atoms with van der Waals surface area (Å²) in [5.41, 5.74) is 0. The zero-order valence-electron chi connectivity index (χ0n) is 40.8. The number of carbonyl (C=O) groups is 3. The highest BCUT2D eigenvalue weighted by atomic mass is 16.6. The summed E-state index contributed by atoms with van der Waals surface area (Å²) in [7, 11) is 5.41. The summed E-state index contributed by atoms with van der Waals surface area (Å²) in [6.45, 7) is 4.54. The number of quaternary nitrogens is 1. The molecule has 0 aromatic carbocycles. The van der Waals surface area contributed by atoms with Crippen LogP contribution in [0.25, 0.3) is 0 Å². The monoisotopic (exact) mass is 870 g/mol. The maximum Gasteiger partial charge on any atom is 0.306 e. The van der Waals surface area contributed by atoms with Gasteiger partial charge in [-0.1, -0.05) is 177 Å². The molecule has 0 N–H and O–H groups in total. The fourth-order valence-electron chi connectivity index (χ4n) is 7.23. The van der Waals surface area contributed by atoms with Crippen molar-refractivity contribution in [1.29, 1.82) is 0 Å². The predicted octanol–water partition coefficient (Wildman–Crippen LogP) is 13.2. The van der Waals surface area contributed by atoms with E-state index in [1.165, 1.54) is 103 Å². The molecule has 0 aliphatic heterocycles. The van der Waals surface area contributed by atoms with Gasteiger partial charge in [-0.3, -0.25) is 9.59 Å². The Morgan fingerprint density at radius 1 is 0.500 bits per heavy atom. The average Bonchev–Trinajstić information content (AvgIpc) is 3.23. The number of rotatable bonds is 45. The molecule has 0 heterocycles. The van der Waals surface area contributed by atoms with Crippen molar-refractivity contribution in [2.24, 2.45) is 0 Å². The smallest absolute Gasteiger partial charge is 0.306 e. The van der Waals surface area contributed by atoms with Gasteiger partial charge in [-0.05, 0) is 77.0 Å². The third-order valence-corrected chi connectivity index (χ3v) is 11.1. The molecule has 0 spiro atoms. The predicted molar refractivity (Wildman–Crippen MR) is 259 cm³/mol. The minimum absolute atomic E-state index is 0.0338. The first-order valence-electron chi connectivity index (χ1n) is 25.3. The van der Waals surface area contributed by atoms with Gasteiger partial charge in [0.2, 0.25) is 0 Å². The summed E-state index contributed by atoms with van der Waals surface area (Å²) < 4.78 is 17.2. The zero-order valence-corrected chi connectivity index (χ0v) is 40.8. The molecule has 358 valence electrons. The molecule has 0 aliphatic carbocycles. The van der Waals surface area contributed by atoms with E-state index in [4.69, 9.17) is 14.2 Å². The Labute approximate surface area is 381 Å². The Balaban J connectivity index is 4.26. The van der Waals surface area contributed by atoms with Crippen LogP contribution in [0.2, 0.25) is 0 Å². The van der Waals surface area contributed by atoms with Gasteiger partial charge in [0.1, 0.15) is 12.6 Å². The van der Waals surface area contributed by atoms with Crippen LogP contribution in [0.4, 0.5) is 0 Å². The van der Waals surface area contributed by atoms with Crippen LogP contribution in [0.1, 0.15) is 213 Å². The van der Waals surface area contributed by atoms with Crippen molar-refractivity contribution in [3.8, 4) is 0 Å². The van der Waals surface area contributed by atoms with E-state index in [0.29, 0.717) is 12.8 Å². The van der Waals surface area contributed by atoms with Crippen molar-refractivity contribution in [2.75, 3.05) is 41.0 Å². The van der Waals surface area contributed by atoms with Crippen molar-refractivity contribution in [3.05, 3.63) is 60.8 Å². The molecule has 0 saturated heterocycles. The van der Waals surface area contributed by atoms with Gasteiger partial charge in [0, 0.05) is 19.3 Å². The number of hydrogen-bond donors (Lipinski definition) is 0. The molecule has 62 heavy (non-hydrogen) atoms. The standard InChI is InChI=1S/C54H95NO7/c1-6-8-10-12-14-16-18-20-22-24-25-26-27-29-30-32-34-36-38-40-42-44-52(56)61-49-50(48-60-47-46-51(54(58)59)55(3,4)5)62-53(57)45-43-41-39-37-35-33-31-28-23-21-19-17-15-13-11-9-7-2/h9,11,15,17-18,20-21,23-25,50-51H,6-8,10,12-14,16,19,22,26-49H2,1-5H3/b11-9-,17-15-,20-18-,23-21-,25-24-. The van der Waals surface area contributed by atoms with E-state index >= 15 is 0 Å². The van der Waals surface area contributed by atoms with Crippen LogP contribution in [0.15, 0.2) is 60.8 Å². The quantitative estimate of drug-likeness (QED) is 0.0260. The lowest BCUT2D eigenvalue weighted by atomic mass is 10.1. The summed E-state index contributed by atoms with van der Waals surface area (Å²) in [6.07, 6.45) is 55.3. The number of aliphatic carboxylic acids is 1. The molecule has 8 nitrogen and oxygen atoms in total. The van der Waals surface area contributed by atoms with Crippen LogP contribution in [0.5, 0.6) is 0 Å². The molecule has 2 atom stereocenters. The third-order valence-electron chi connectivity index (χ3n) is 11.1. The molecular formula is C54H95NO7. The zero-order chi connectivity index (χ0) is 45.6. The number of carbonyl (C=O) groups excluding carboxylic acids is 3. The van der Waals surface area contributed by atoms with Gasteiger partial charge in [-0.2, -0.15) is 0 Å². The lowest BCUT2D eigenvalue weighted by Crippen LogP contribution is -2.55. The summed E-state index contributed by atoms with van der Waals surface area (Å²) in [5.74, 6) is -1.75. The summed E-state index contributed by atoms with van der Waals surface area (Å²) in [4.78, 5) is 37.0. The van der Waals surface area contributed by atoms with Crippen molar-refractivity contribution < 1.29 is 38.2 Å². The molecule has 0 rings (SSSR count). The fourth-order valence-corrected chi connectivity index (χ4v) is 7.23. The molecule has 0 fully saturated rings. The van der Waals surface area contributed by atoms with Crippen molar-refractivity contribution in [1.82, 2.24) is 0 Å². The lowest BCUT2D eigenvalue weighted by Gasteiger charge is -2.34. The van der Waals surface area contributed by atoms with Crippen molar-refractivity contribution in [3.63, 3.8) is 0 Å². The molecule has 0 amide bonds. The Morgan fingerprint density at radius 3 is 1.34 bits per heavy atom. The Kier molecular flexibility index (Phi) is 42.5. The number of hydrogen-bond acceptors (Lipinski definition) is 7. The van der Waals surface area contributed by atoms with Gasteiger partial charge in [-0.15, -0.1) is 0 Å². The number of esters is 2.